The maximum Gasteiger partial charge on any atom is 0.393 e. The number of ether oxygens (including phenoxy) is 1. The molecule has 0 aromatic carbocycles. The SMILES string of the molecule is CNC(c1cn2nc(CC3CC(C(F)(F)F)CNC3=O)c(C3CCCOC3)cc2n1)C1CCC(F)(F)CC1. The van der Waals surface area contributed by atoms with Gasteiger partial charge in [0, 0.05) is 44.2 Å². The van der Waals surface area contributed by atoms with Gasteiger partial charge in [0.2, 0.25) is 11.8 Å². The predicted molar refractivity (Wildman–Crippen MR) is 129 cm³/mol. The van der Waals surface area contributed by atoms with Gasteiger partial charge in [-0.3, -0.25) is 4.79 Å². The fourth-order valence-electron chi connectivity index (χ4n) is 6.22. The molecule has 2 saturated heterocycles. The van der Waals surface area contributed by atoms with E-state index in [-0.39, 0.29) is 43.6 Å². The first-order valence-electron chi connectivity index (χ1n) is 13.4. The minimum Gasteiger partial charge on any atom is -0.381 e. The van der Waals surface area contributed by atoms with Crippen molar-refractivity contribution in [3.05, 3.63) is 29.2 Å². The summed E-state index contributed by atoms with van der Waals surface area (Å²) in [6, 6.07) is 1.67. The molecule has 4 heterocycles. The van der Waals surface area contributed by atoms with Gasteiger partial charge in [0.05, 0.1) is 36.2 Å². The number of fused-ring (bicyclic) bond motifs is 1. The van der Waals surface area contributed by atoms with Crippen LogP contribution in [0.1, 0.15) is 73.9 Å². The van der Waals surface area contributed by atoms with Crippen LogP contribution in [0.3, 0.4) is 0 Å². The van der Waals surface area contributed by atoms with E-state index in [0.717, 1.165) is 18.4 Å². The quantitative estimate of drug-likeness (QED) is 0.522. The molecule has 7 nitrogen and oxygen atoms in total. The summed E-state index contributed by atoms with van der Waals surface area (Å²) in [5, 5.41) is 10.4. The monoisotopic (exact) mass is 543 g/mol. The Kier molecular flexibility index (Phi) is 7.65. The number of aromatic nitrogens is 3. The molecule has 38 heavy (non-hydrogen) atoms. The van der Waals surface area contributed by atoms with Crippen LogP contribution in [0.2, 0.25) is 0 Å². The Labute approximate surface area is 217 Å². The Morgan fingerprint density at radius 2 is 2.03 bits per heavy atom. The molecule has 1 amide bonds. The van der Waals surface area contributed by atoms with Crippen LogP contribution in [0.5, 0.6) is 0 Å². The normalized spacial score (nSPS) is 27.8. The zero-order chi connectivity index (χ0) is 27.1. The molecular weight excluding hydrogens is 509 g/mol. The van der Waals surface area contributed by atoms with E-state index in [1.807, 2.05) is 6.07 Å². The summed E-state index contributed by atoms with van der Waals surface area (Å²) in [6.45, 7) is 0.714. The first-order chi connectivity index (χ1) is 18.0. The number of carbonyl (C=O) groups excluding carboxylic acids is 1. The summed E-state index contributed by atoms with van der Waals surface area (Å²) >= 11 is 0. The molecule has 3 fully saturated rings. The van der Waals surface area contributed by atoms with Crippen molar-refractivity contribution < 1.29 is 31.5 Å². The first kappa shape index (κ1) is 27.2. The van der Waals surface area contributed by atoms with E-state index in [1.54, 1.807) is 17.8 Å². The second-order valence-electron chi connectivity index (χ2n) is 11.0. The van der Waals surface area contributed by atoms with Crippen molar-refractivity contribution in [2.24, 2.45) is 17.8 Å². The Balaban J connectivity index is 1.46. The van der Waals surface area contributed by atoms with Gasteiger partial charge >= 0.3 is 6.18 Å². The van der Waals surface area contributed by atoms with Gasteiger partial charge in [-0.2, -0.15) is 18.3 Å². The smallest absolute Gasteiger partial charge is 0.381 e. The molecular formula is C26H34F5N5O2. The average molecular weight is 544 g/mol. The molecule has 1 aliphatic carbocycles. The molecule has 0 bridgehead atoms. The van der Waals surface area contributed by atoms with Gasteiger partial charge in [-0.25, -0.2) is 18.3 Å². The third-order valence-corrected chi connectivity index (χ3v) is 8.41. The highest BCUT2D eigenvalue weighted by Crippen LogP contribution is 2.41. The summed E-state index contributed by atoms with van der Waals surface area (Å²) in [5.41, 5.74) is 2.67. The number of piperidine rings is 1. The van der Waals surface area contributed by atoms with E-state index in [0.29, 0.717) is 43.1 Å². The van der Waals surface area contributed by atoms with Gasteiger partial charge in [0.15, 0.2) is 5.65 Å². The summed E-state index contributed by atoms with van der Waals surface area (Å²) < 4.78 is 75.0. The molecule has 0 radical (unpaired) electrons. The van der Waals surface area contributed by atoms with E-state index >= 15 is 0 Å². The van der Waals surface area contributed by atoms with Gasteiger partial charge in [0.25, 0.3) is 0 Å². The van der Waals surface area contributed by atoms with E-state index in [9.17, 15) is 26.7 Å². The third-order valence-electron chi connectivity index (χ3n) is 8.41. The number of alkyl halides is 5. The number of rotatable bonds is 6. The second-order valence-corrected chi connectivity index (χ2v) is 11.0. The average Bonchev–Trinajstić information content (AvgIpc) is 3.28. The van der Waals surface area contributed by atoms with Crippen LogP contribution < -0.4 is 10.6 Å². The molecule has 4 unspecified atom stereocenters. The molecule has 2 N–H and O–H groups in total. The van der Waals surface area contributed by atoms with E-state index in [4.69, 9.17) is 14.8 Å². The fraction of sp³-hybridized carbons (Fsp3) is 0.731. The number of hydrogen-bond acceptors (Lipinski definition) is 5. The number of imidazole rings is 1. The maximum atomic E-state index is 13.7. The number of amides is 1. The third kappa shape index (κ3) is 5.80. The molecule has 0 spiro atoms. The number of halogens is 5. The Hall–Kier alpha value is -2.34. The van der Waals surface area contributed by atoms with Crippen molar-refractivity contribution >= 4 is 11.6 Å². The zero-order valence-electron chi connectivity index (χ0n) is 21.4. The molecule has 4 atom stereocenters. The Morgan fingerprint density at radius 1 is 1.26 bits per heavy atom. The van der Waals surface area contributed by atoms with Crippen molar-refractivity contribution in [2.75, 3.05) is 26.8 Å². The van der Waals surface area contributed by atoms with Crippen molar-refractivity contribution in [1.29, 1.82) is 0 Å². The Bertz CT molecular complexity index is 1140. The van der Waals surface area contributed by atoms with E-state index in [1.165, 1.54) is 0 Å². The lowest BCUT2D eigenvalue weighted by molar-refractivity contribution is -0.183. The summed E-state index contributed by atoms with van der Waals surface area (Å²) in [5.74, 6) is -5.45. The van der Waals surface area contributed by atoms with Gasteiger partial charge in [-0.05, 0) is 56.7 Å². The number of nitrogens with zero attached hydrogens (tertiary/aromatic N) is 3. The highest BCUT2D eigenvalue weighted by molar-refractivity contribution is 5.79. The van der Waals surface area contributed by atoms with Crippen LogP contribution >= 0.6 is 0 Å². The molecule has 1 saturated carbocycles. The number of carbonyl (C=O) groups is 1. The largest absolute Gasteiger partial charge is 0.393 e. The van der Waals surface area contributed by atoms with Crippen molar-refractivity contribution in [2.45, 2.75) is 75.4 Å². The molecule has 2 aromatic rings. The fourth-order valence-corrected chi connectivity index (χ4v) is 6.22. The van der Waals surface area contributed by atoms with Crippen molar-refractivity contribution in [3.63, 3.8) is 0 Å². The van der Waals surface area contributed by atoms with E-state index < -0.39 is 36.4 Å². The molecule has 2 aliphatic heterocycles. The molecule has 12 heteroatoms. The first-order valence-corrected chi connectivity index (χ1v) is 13.4. The zero-order valence-corrected chi connectivity index (χ0v) is 21.4. The van der Waals surface area contributed by atoms with Crippen LogP contribution in [0.25, 0.3) is 5.65 Å². The summed E-state index contributed by atoms with van der Waals surface area (Å²) in [6.07, 6.45) is -0.667. The van der Waals surface area contributed by atoms with Gasteiger partial charge in [-0.15, -0.1) is 0 Å². The van der Waals surface area contributed by atoms with Gasteiger partial charge in [0.1, 0.15) is 0 Å². The summed E-state index contributed by atoms with van der Waals surface area (Å²) in [7, 11) is 1.78. The predicted octanol–water partition coefficient (Wildman–Crippen LogP) is 4.57. The molecule has 3 aliphatic rings. The van der Waals surface area contributed by atoms with Gasteiger partial charge in [-0.1, -0.05) is 0 Å². The van der Waals surface area contributed by atoms with Crippen molar-refractivity contribution in [1.82, 2.24) is 25.2 Å². The standard InChI is InChI=1S/C26H34F5N5O2/c1-32-23(15-4-6-25(27,28)7-5-15)21-13-36-22(34-21)11-19(16-3-2-8-38-14-16)20(35-36)10-17-9-18(26(29,30)31)12-33-24(17)37/h11,13,15-18,23,32H,2-10,12,14H2,1H3,(H,33,37). The van der Waals surface area contributed by atoms with Crippen LogP contribution in [0.15, 0.2) is 12.3 Å². The summed E-state index contributed by atoms with van der Waals surface area (Å²) in [4.78, 5) is 17.3. The lowest BCUT2D eigenvalue weighted by Gasteiger charge is -2.32. The van der Waals surface area contributed by atoms with Gasteiger partial charge < -0.3 is 15.4 Å². The highest BCUT2D eigenvalue weighted by Gasteiger charge is 2.45. The van der Waals surface area contributed by atoms with Crippen LogP contribution in [-0.4, -0.2) is 59.4 Å². The van der Waals surface area contributed by atoms with Crippen LogP contribution in [0, 0.1) is 17.8 Å². The van der Waals surface area contributed by atoms with Crippen molar-refractivity contribution in [3.8, 4) is 0 Å². The highest BCUT2D eigenvalue weighted by atomic mass is 19.4. The lowest BCUT2D eigenvalue weighted by atomic mass is 9.81. The van der Waals surface area contributed by atoms with Crippen LogP contribution in [-0.2, 0) is 16.0 Å². The minimum atomic E-state index is -4.38. The number of nitrogens with one attached hydrogen (secondary N) is 2. The number of hydrogen-bond donors (Lipinski definition) is 2. The molecule has 5 rings (SSSR count). The Morgan fingerprint density at radius 3 is 2.68 bits per heavy atom. The molecule has 2 aromatic heterocycles. The maximum absolute atomic E-state index is 13.7. The lowest BCUT2D eigenvalue weighted by Crippen LogP contribution is -2.47. The van der Waals surface area contributed by atoms with Crippen LogP contribution in [0.4, 0.5) is 22.0 Å². The molecule has 210 valence electrons. The second kappa shape index (κ2) is 10.7. The topological polar surface area (TPSA) is 80.5 Å². The van der Waals surface area contributed by atoms with E-state index in [2.05, 4.69) is 10.6 Å². The minimum absolute atomic E-state index is 0.000425.